The van der Waals surface area contributed by atoms with Crippen LogP contribution in [-0.4, -0.2) is 48.5 Å². The second kappa shape index (κ2) is 7.63. The highest BCUT2D eigenvalue weighted by Crippen LogP contribution is 2.22. The van der Waals surface area contributed by atoms with Gasteiger partial charge in [-0.1, -0.05) is 0 Å². The first-order chi connectivity index (χ1) is 11.6. The maximum atomic E-state index is 12.1. The minimum absolute atomic E-state index is 0.158. The van der Waals surface area contributed by atoms with Crippen molar-refractivity contribution in [1.82, 2.24) is 0 Å². The van der Waals surface area contributed by atoms with Crippen LogP contribution in [0.15, 0.2) is 24.3 Å². The van der Waals surface area contributed by atoms with E-state index in [1.165, 1.54) is 0 Å². The Kier molecular flexibility index (Phi) is 5.32. The fourth-order valence-electron chi connectivity index (χ4n) is 2.83. The number of carboxylic acid groups (broad SMARTS) is 1. The molecule has 7 heteroatoms. The Hall–Kier alpha value is -2.12. The molecule has 3 rings (SSSR count). The normalized spacial score (nSPS) is 26.2. The number of carbonyl (C=O) groups excluding carboxylic acids is 1. The van der Waals surface area contributed by atoms with Gasteiger partial charge in [-0.2, -0.15) is 0 Å². The summed E-state index contributed by atoms with van der Waals surface area (Å²) >= 11 is 0. The van der Waals surface area contributed by atoms with Crippen molar-refractivity contribution < 1.29 is 28.9 Å². The maximum absolute atomic E-state index is 12.1. The van der Waals surface area contributed by atoms with Crippen molar-refractivity contribution in [2.75, 3.05) is 18.5 Å². The summed E-state index contributed by atoms with van der Waals surface area (Å²) in [7, 11) is 0. The molecule has 1 unspecified atom stereocenters. The van der Waals surface area contributed by atoms with Crippen LogP contribution in [0, 0.1) is 0 Å². The zero-order valence-electron chi connectivity index (χ0n) is 13.3. The van der Waals surface area contributed by atoms with Gasteiger partial charge < -0.3 is 24.6 Å². The van der Waals surface area contributed by atoms with E-state index in [0.29, 0.717) is 30.9 Å². The third kappa shape index (κ3) is 4.24. The Bertz CT molecular complexity index is 581. The molecular formula is C17H21NO6. The Morgan fingerprint density at radius 3 is 2.54 bits per heavy atom. The third-order valence-electron chi connectivity index (χ3n) is 4.17. The molecule has 0 aromatic heterocycles. The molecule has 0 saturated carbocycles. The van der Waals surface area contributed by atoms with E-state index < -0.39 is 18.2 Å². The van der Waals surface area contributed by atoms with E-state index in [-0.39, 0.29) is 12.0 Å². The second-order valence-electron chi connectivity index (χ2n) is 5.99. The highest BCUT2D eigenvalue weighted by molar-refractivity contribution is 5.94. The lowest BCUT2D eigenvalue weighted by Crippen LogP contribution is -2.29. The van der Waals surface area contributed by atoms with E-state index >= 15 is 0 Å². The summed E-state index contributed by atoms with van der Waals surface area (Å²) in [6, 6.07) is 7.04. The number of benzene rings is 1. The largest absolute Gasteiger partial charge is 0.491 e. The Balaban J connectivity index is 1.47. The van der Waals surface area contributed by atoms with Gasteiger partial charge >= 0.3 is 5.97 Å². The van der Waals surface area contributed by atoms with Gasteiger partial charge in [0.15, 0.2) is 6.10 Å². The average molecular weight is 335 g/mol. The first-order valence-electron chi connectivity index (χ1n) is 8.15. The highest BCUT2D eigenvalue weighted by Gasteiger charge is 2.34. The van der Waals surface area contributed by atoms with Crippen LogP contribution in [-0.2, 0) is 19.1 Å². The number of carbonyl (C=O) groups is 2. The summed E-state index contributed by atoms with van der Waals surface area (Å²) < 4.78 is 16.4. The van der Waals surface area contributed by atoms with Crippen molar-refractivity contribution >= 4 is 17.6 Å². The fraction of sp³-hybridized carbons (Fsp3) is 0.529. The highest BCUT2D eigenvalue weighted by atomic mass is 16.5. The Morgan fingerprint density at radius 1 is 1.17 bits per heavy atom. The summed E-state index contributed by atoms with van der Waals surface area (Å²) in [6.07, 6.45) is 1.40. The van der Waals surface area contributed by atoms with Gasteiger partial charge in [0.2, 0.25) is 0 Å². The smallest absolute Gasteiger partial charge is 0.332 e. The van der Waals surface area contributed by atoms with E-state index in [1.54, 1.807) is 24.3 Å². The van der Waals surface area contributed by atoms with E-state index in [4.69, 9.17) is 19.3 Å². The molecule has 2 heterocycles. The van der Waals surface area contributed by atoms with E-state index in [1.807, 2.05) is 0 Å². The SMILES string of the molecule is O=C(Nc1ccc(OCC2CCCO2)cc1)[C@@H]1CC[C@H](C(=O)O)O1. The van der Waals surface area contributed by atoms with Crippen molar-refractivity contribution in [3.8, 4) is 5.75 Å². The molecule has 0 bridgehead atoms. The minimum Gasteiger partial charge on any atom is -0.491 e. The molecule has 2 saturated heterocycles. The van der Waals surface area contributed by atoms with Gasteiger partial charge in [-0.15, -0.1) is 0 Å². The van der Waals surface area contributed by atoms with Crippen molar-refractivity contribution in [2.24, 2.45) is 0 Å². The molecule has 0 radical (unpaired) electrons. The van der Waals surface area contributed by atoms with Crippen LogP contribution >= 0.6 is 0 Å². The summed E-state index contributed by atoms with van der Waals surface area (Å²) in [5, 5.41) is 11.6. The van der Waals surface area contributed by atoms with Crippen LogP contribution in [0.25, 0.3) is 0 Å². The lowest BCUT2D eigenvalue weighted by molar-refractivity contribution is -0.150. The first kappa shape index (κ1) is 16.7. The monoisotopic (exact) mass is 335 g/mol. The van der Waals surface area contributed by atoms with Crippen LogP contribution in [0.3, 0.4) is 0 Å². The molecule has 130 valence electrons. The van der Waals surface area contributed by atoms with E-state index in [2.05, 4.69) is 5.32 Å². The number of anilines is 1. The molecule has 2 aliphatic rings. The fourth-order valence-corrected chi connectivity index (χ4v) is 2.83. The molecule has 0 spiro atoms. The third-order valence-corrected chi connectivity index (χ3v) is 4.17. The molecule has 0 aliphatic carbocycles. The summed E-state index contributed by atoms with van der Waals surface area (Å²) in [4.78, 5) is 22.9. The number of nitrogens with one attached hydrogen (secondary N) is 1. The predicted octanol–water partition coefficient (Wildman–Crippen LogP) is 1.82. The van der Waals surface area contributed by atoms with Gasteiger partial charge in [-0.05, 0) is 49.9 Å². The minimum atomic E-state index is -1.03. The summed E-state index contributed by atoms with van der Waals surface area (Å²) in [5.74, 6) is -0.642. The quantitative estimate of drug-likeness (QED) is 0.823. The molecule has 2 aliphatic heterocycles. The molecular weight excluding hydrogens is 314 g/mol. The van der Waals surface area contributed by atoms with Crippen LogP contribution in [0.1, 0.15) is 25.7 Å². The molecule has 1 aromatic rings. The predicted molar refractivity (Wildman–Crippen MR) is 85.1 cm³/mol. The number of hydrogen-bond acceptors (Lipinski definition) is 5. The van der Waals surface area contributed by atoms with Crippen LogP contribution in [0.5, 0.6) is 5.75 Å². The summed E-state index contributed by atoms with van der Waals surface area (Å²) in [6.45, 7) is 1.32. The van der Waals surface area contributed by atoms with Gasteiger partial charge in [0.1, 0.15) is 18.5 Å². The Morgan fingerprint density at radius 2 is 1.92 bits per heavy atom. The molecule has 24 heavy (non-hydrogen) atoms. The standard InChI is InChI=1S/C17H21NO6/c19-16(14-7-8-15(24-14)17(20)21)18-11-3-5-12(6-4-11)23-10-13-2-1-9-22-13/h3-6,13-15H,1-2,7-10H2,(H,18,19)(H,20,21)/t13?,14-,15+/m0/s1. The van der Waals surface area contributed by atoms with Gasteiger partial charge in [0, 0.05) is 12.3 Å². The number of aliphatic carboxylic acids is 1. The summed E-state index contributed by atoms with van der Waals surface area (Å²) in [5.41, 5.74) is 0.617. The zero-order valence-corrected chi connectivity index (χ0v) is 13.3. The lowest BCUT2D eigenvalue weighted by atomic mass is 10.2. The van der Waals surface area contributed by atoms with Crippen LogP contribution in [0.4, 0.5) is 5.69 Å². The van der Waals surface area contributed by atoms with Crippen LogP contribution in [0.2, 0.25) is 0 Å². The average Bonchev–Trinajstić information content (AvgIpc) is 3.26. The van der Waals surface area contributed by atoms with Crippen molar-refractivity contribution in [3.05, 3.63) is 24.3 Å². The van der Waals surface area contributed by atoms with E-state index in [0.717, 1.165) is 19.4 Å². The van der Waals surface area contributed by atoms with Crippen LogP contribution < -0.4 is 10.1 Å². The van der Waals surface area contributed by atoms with E-state index in [9.17, 15) is 9.59 Å². The number of amides is 1. The molecule has 3 atom stereocenters. The van der Waals surface area contributed by atoms with Gasteiger partial charge in [0.05, 0.1) is 6.10 Å². The molecule has 2 fully saturated rings. The number of rotatable bonds is 6. The zero-order chi connectivity index (χ0) is 16.9. The molecule has 1 aromatic carbocycles. The molecule has 1 amide bonds. The topological polar surface area (TPSA) is 94.1 Å². The first-order valence-corrected chi connectivity index (χ1v) is 8.15. The van der Waals surface area contributed by atoms with Gasteiger partial charge in [-0.3, -0.25) is 4.79 Å². The molecule has 7 nitrogen and oxygen atoms in total. The number of ether oxygens (including phenoxy) is 3. The number of hydrogen-bond donors (Lipinski definition) is 2. The Labute approximate surface area is 139 Å². The van der Waals surface area contributed by atoms with Gasteiger partial charge in [0.25, 0.3) is 5.91 Å². The van der Waals surface area contributed by atoms with Crippen molar-refractivity contribution in [3.63, 3.8) is 0 Å². The van der Waals surface area contributed by atoms with Gasteiger partial charge in [-0.25, -0.2) is 4.79 Å². The number of carboxylic acids is 1. The van der Waals surface area contributed by atoms with Crippen molar-refractivity contribution in [1.29, 1.82) is 0 Å². The lowest BCUT2D eigenvalue weighted by Gasteiger charge is -2.13. The maximum Gasteiger partial charge on any atom is 0.332 e. The second-order valence-corrected chi connectivity index (χ2v) is 5.99. The van der Waals surface area contributed by atoms with Crippen molar-refractivity contribution in [2.45, 2.75) is 44.0 Å². The molecule has 2 N–H and O–H groups in total.